The number of rotatable bonds is 29. The van der Waals surface area contributed by atoms with Crippen molar-refractivity contribution in [3.05, 3.63) is 59.5 Å². The first-order valence-corrected chi connectivity index (χ1v) is 21.8. The van der Waals surface area contributed by atoms with Crippen molar-refractivity contribution < 1.29 is 32.7 Å². The summed E-state index contributed by atoms with van der Waals surface area (Å²) >= 11 is 0. The van der Waals surface area contributed by atoms with Gasteiger partial charge in [-0.3, -0.25) is 9.05 Å². The Labute approximate surface area is 327 Å². The van der Waals surface area contributed by atoms with Crippen molar-refractivity contribution in [1.29, 1.82) is 10.5 Å². The molecule has 0 aliphatic carbocycles. The molecule has 14 heteroatoms. The van der Waals surface area contributed by atoms with Crippen molar-refractivity contribution in [2.24, 2.45) is 0 Å². The van der Waals surface area contributed by atoms with Gasteiger partial charge in [-0.15, -0.1) is 0 Å². The van der Waals surface area contributed by atoms with Crippen LogP contribution in [-0.2, 0) is 40.0 Å². The van der Waals surface area contributed by atoms with E-state index in [-0.39, 0.29) is 32.2 Å². The van der Waals surface area contributed by atoms with E-state index < -0.39 is 25.6 Å². The van der Waals surface area contributed by atoms with Crippen LogP contribution in [0, 0.1) is 22.7 Å². The number of anilines is 1. The van der Waals surface area contributed by atoms with Gasteiger partial charge >= 0.3 is 7.82 Å². The molecule has 1 unspecified atom stereocenters. The second-order valence-corrected chi connectivity index (χ2v) is 16.0. The molecular formula is C41H61N6O7P. The van der Waals surface area contributed by atoms with Crippen LogP contribution in [0.5, 0.6) is 0 Å². The molecule has 1 aliphatic heterocycles. The smallest absolute Gasteiger partial charge is 0.382 e. The molecule has 55 heavy (non-hydrogen) atoms. The van der Waals surface area contributed by atoms with Crippen molar-refractivity contribution in [3.8, 4) is 12.1 Å². The van der Waals surface area contributed by atoms with Gasteiger partial charge in [-0.1, -0.05) is 115 Å². The fourth-order valence-corrected chi connectivity index (χ4v) is 7.70. The van der Waals surface area contributed by atoms with Crippen LogP contribution in [0.4, 0.5) is 5.82 Å². The van der Waals surface area contributed by atoms with Crippen molar-refractivity contribution in [2.45, 2.75) is 147 Å². The molecule has 3 aromatic rings. The van der Waals surface area contributed by atoms with Gasteiger partial charge in [0.05, 0.1) is 49.9 Å². The Morgan fingerprint density at radius 1 is 0.964 bits per heavy atom. The number of fused-ring (bicyclic) bond motifs is 1. The monoisotopic (exact) mass is 780 g/mol. The lowest BCUT2D eigenvalue weighted by molar-refractivity contribution is -0.0560. The number of nitrogens with zero attached hydrogens (tertiary/aromatic N) is 5. The zero-order valence-corrected chi connectivity index (χ0v) is 33.5. The van der Waals surface area contributed by atoms with E-state index in [0.717, 1.165) is 18.4 Å². The first kappa shape index (κ1) is 44.3. The van der Waals surface area contributed by atoms with Crippen molar-refractivity contribution >= 4 is 19.2 Å². The summed E-state index contributed by atoms with van der Waals surface area (Å²) in [5.41, 5.74) is 6.96. The molecule has 4 rings (SSSR count). The number of aromatic nitrogens is 3. The summed E-state index contributed by atoms with van der Waals surface area (Å²) in [7, 11) is -4.53. The average molecular weight is 781 g/mol. The molecule has 302 valence electrons. The summed E-state index contributed by atoms with van der Waals surface area (Å²) in [6.07, 6.45) is 21.5. The first-order chi connectivity index (χ1) is 26.8. The minimum absolute atomic E-state index is 0.159. The quantitative estimate of drug-likeness (QED) is 0.0503. The molecular weight excluding hydrogens is 719 g/mol. The van der Waals surface area contributed by atoms with Crippen LogP contribution >= 0.6 is 7.82 Å². The lowest BCUT2D eigenvalue weighted by Gasteiger charge is -2.23. The van der Waals surface area contributed by atoms with Crippen LogP contribution in [0.25, 0.3) is 5.52 Å². The Morgan fingerprint density at radius 3 is 2.29 bits per heavy atom. The van der Waals surface area contributed by atoms with E-state index >= 15 is 0 Å². The SMILES string of the molecule is CCCCCCCCCCCCCCCCCCOC[C@H](COP(=O)(O)OC[C@@H]1CC[C@](C#N)(c2ccc3c(N)ncnn23)O1)OCc1cccc(C#N)c1. The molecule has 2 aromatic heterocycles. The molecule has 1 saturated heterocycles. The number of nitrogen functional groups attached to an aromatic ring is 1. The number of ether oxygens (including phenoxy) is 3. The molecule has 3 N–H and O–H groups in total. The predicted molar refractivity (Wildman–Crippen MR) is 211 cm³/mol. The van der Waals surface area contributed by atoms with Gasteiger partial charge in [0.15, 0.2) is 11.4 Å². The van der Waals surface area contributed by atoms with Gasteiger partial charge in [0.1, 0.15) is 24.0 Å². The minimum Gasteiger partial charge on any atom is -0.382 e. The summed E-state index contributed by atoms with van der Waals surface area (Å²) in [6.45, 7) is 2.62. The third-order valence-corrected chi connectivity index (χ3v) is 11.0. The Balaban J connectivity index is 1.14. The van der Waals surface area contributed by atoms with Gasteiger partial charge in [0.2, 0.25) is 0 Å². The molecule has 0 amide bonds. The standard InChI is InChI=1S/C41H61N6O7P/c1-2-3-4-5-6-7-8-9-10-11-12-13-14-15-16-17-25-50-29-37(51-28-35-20-18-19-34(26-35)27-42)31-53-55(48,49)52-30-36-23-24-41(32-43,54-36)39-22-21-38-40(44)45-33-46-47(38)39/h18-22,26,33,36-37H,2-17,23-25,28-31H2,1H3,(H,48,49)(H2,44,45,46)/t36-,37+,41-/m0/s1. The zero-order chi connectivity index (χ0) is 39.2. The number of unbranched alkanes of at least 4 members (excludes halogenated alkanes) is 15. The largest absolute Gasteiger partial charge is 0.472 e. The van der Waals surface area contributed by atoms with Gasteiger partial charge < -0.3 is 24.8 Å². The summed E-state index contributed by atoms with van der Waals surface area (Å²) in [4.78, 5) is 14.6. The van der Waals surface area contributed by atoms with Crippen LogP contribution in [0.2, 0.25) is 0 Å². The molecule has 1 aromatic carbocycles. The molecule has 0 bridgehead atoms. The third-order valence-electron chi connectivity index (χ3n) is 10.1. The second kappa shape index (κ2) is 24.3. The van der Waals surface area contributed by atoms with Crippen LogP contribution in [0.1, 0.15) is 139 Å². The topological polar surface area (TPSA) is 187 Å². The number of nitrogens with two attached hydrogens (primary N) is 1. The highest BCUT2D eigenvalue weighted by molar-refractivity contribution is 7.47. The summed E-state index contributed by atoms with van der Waals surface area (Å²) < 4.78 is 43.2. The summed E-state index contributed by atoms with van der Waals surface area (Å²) in [5, 5.41) is 23.6. The Morgan fingerprint density at radius 2 is 1.64 bits per heavy atom. The Hall–Kier alpha value is -3.39. The van der Waals surface area contributed by atoms with Crippen LogP contribution in [0.3, 0.4) is 0 Å². The van der Waals surface area contributed by atoms with E-state index in [2.05, 4.69) is 29.1 Å². The van der Waals surface area contributed by atoms with Crippen LogP contribution in [-0.4, -0.2) is 58.1 Å². The highest BCUT2D eigenvalue weighted by Gasteiger charge is 2.45. The van der Waals surface area contributed by atoms with Crippen molar-refractivity contribution in [2.75, 3.05) is 32.2 Å². The Kier molecular flexibility index (Phi) is 19.6. The molecule has 13 nitrogen and oxygen atoms in total. The van der Waals surface area contributed by atoms with E-state index in [1.807, 2.05) is 6.07 Å². The number of phosphoric ester groups is 1. The van der Waals surface area contributed by atoms with Gasteiger partial charge in [0, 0.05) is 6.61 Å². The normalized spacial score (nSPS) is 18.6. The van der Waals surface area contributed by atoms with E-state index in [1.54, 1.807) is 30.3 Å². The minimum atomic E-state index is -4.53. The molecule has 1 aliphatic rings. The summed E-state index contributed by atoms with van der Waals surface area (Å²) in [6, 6.07) is 14.9. The van der Waals surface area contributed by atoms with Gasteiger partial charge in [-0.2, -0.15) is 15.6 Å². The number of hydrogen-bond acceptors (Lipinski definition) is 11. The predicted octanol–water partition coefficient (Wildman–Crippen LogP) is 9.08. The maximum atomic E-state index is 13.0. The van der Waals surface area contributed by atoms with Crippen molar-refractivity contribution in [1.82, 2.24) is 14.6 Å². The molecule has 0 saturated carbocycles. The zero-order valence-electron chi connectivity index (χ0n) is 32.6. The molecule has 1 fully saturated rings. The van der Waals surface area contributed by atoms with E-state index in [9.17, 15) is 20.0 Å². The third kappa shape index (κ3) is 15.2. The number of hydrogen-bond donors (Lipinski definition) is 2. The number of phosphoric acid groups is 1. The van der Waals surface area contributed by atoms with Gasteiger partial charge in [0.25, 0.3) is 0 Å². The number of benzene rings is 1. The van der Waals surface area contributed by atoms with E-state index in [1.165, 1.54) is 101 Å². The van der Waals surface area contributed by atoms with E-state index in [0.29, 0.717) is 36.2 Å². The first-order valence-electron chi connectivity index (χ1n) is 20.3. The van der Waals surface area contributed by atoms with Gasteiger partial charge in [-0.05, 0) is 49.1 Å². The number of nitriles is 2. The highest BCUT2D eigenvalue weighted by Crippen LogP contribution is 2.46. The average Bonchev–Trinajstić information content (AvgIpc) is 3.84. The molecule has 0 radical (unpaired) electrons. The lowest BCUT2D eigenvalue weighted by Crippen LogP contribution is -2.28. The second-order valence-electron chi connectivity index (χ2n) is 14.6. The fraction of sp³-hybridized carbons (Fsp3) is 0.659. The van der Waals surface area contributed by atoms with E-state index in [4.69, 9.17) is 29.0 Å². The van der Waals surface area contributed by atoms with Gasteiger partial charge in [-0.25, -0.2) is 14.1 Å². The maximum absolute atomic E-state index is 13.0. The Bertz CT molecular complexity index is 1690. The fourth-order valence-electron chi connectivity index (χ4n) is 6.92. The maximum Gasteiger partial charge on any atom is 0.472 e. The lowest BCUT2D eigenvalue weighted by atomic mass is 9.98. The van der Waals surface area contributed by atoms with Crippen LogP contribution < -0.4 is 5.73 Å². The molecule has 4 atom stereocenters. The van der Waals surface area contributed by atoms with Crippen molar-refractivity contribution in [3.63, 3.8) is 0 Å². The molecule has 0 spiro atoms. The molecule has 3 heterocycles. The summed E-state index contributed by atoms with van der Waals surface area (Å²) in [5.74, 6) is 0.272. The van der Waals surface area contributed by atoms with Crippen LogP contribution in [0.15, 0.2) is 42.7 Å². The highest BCUT2D eigenvalue weighted by atomic mass is 31.2.